The van der Waals surface area contributed by atoms with Crippen LogP contribution in [0.25, 0.3) is 0 Å². The largest absolute Gasteiger partial charge is 0.490 e. The van der Waals surface area contributed by atoms with Gasteiger partial charge in [-0.3, -0.25) is 0 Å². The van der Waals surface area contributed by atoms with Crippen LogP contribution in [0.4, 0.5) is 0 Å². The van der Waals surface area contributed by atoms with Crippen molar-refractivity contribution in [3.05, 3.63) is 56.1 Å². The molecule has 2 aromatic rings. The summed E-state index contributed by atoms with van der Waals surface area (Å²) < 4.78 is 17.2. The first-order chi connectivity index (χ1) is 12.1. The van der Waals surface area contributed by atoms with Gasteiger partial charge in [-0.1, -0.05) is 35.7 Å². The van der Waals surface area contributed by atoms with E-state index in [0.717, 1.165) is 9.13 Å². The third-order valence-corrected chi connectivity index (χ3v) is 4.33. The minimum atomic E-state index is -0.505. The van der Waals surface area contributed by atoms with Gasteiger partial charge in [-0.25, -0.2) is 4.79 Å². The lowest BCUT2D eigenvalue weighted by molar-refractivity contribution is 0.0556. The summed E-state index contributed by atoms with van der Waals surface area (Å²) in [5, 5.41) is 0.630. The number of hydrogen-bond acceptors (Lipinski definition) is 4. The summed E-state index contributed by atoms with van der Waals surface area (Å²) in [5.41, 5.74) is 1.22. The maximum absolute atomic E-state index is 12.0. The zero-order valence-corrected chi connectivity index (χ0v) is 16.5. The quantitative estimate of drug-likeness (QED) is 0.334. The van der Waals surface area contributed by atoms with Crippen molar-refractivity contribution in [1.29, 1.82) is 0 Å². The van der Waals surface area contributed by atoms with Crippen LogP contribution >= 0.6 is 34.2 Å². The van der Waals surface area contributed by atoms with Crippen molar-refractivity contribution in [1.82, 2.24) is 0 Å². The van der Waals surface area contributed by atoms with E-state index >= 15 is 0 Å². The molecule has 25 heavy (non-hydrogen) atoms. The molecule has 0 bridgehead atoms. The maximum Gasteiger partial charge on any atom is 0.339 e. The van der Waals surface area contributed by atoms with E-state index in [1.807, 2.05) is 25.1 Å². The molecular formula is C19H16ClIO4. The van der Waals surface area contributed by atoms with Gasteiger partial charge in [-0.2, -0.15) is 0 Å². The van der Waals surface area contributed by atoms with E-state index in [2.05, 4.69) is 28.5 Å². The number of halogens is 2. The molecule has 0 fully saturated rings. The van der Waals surface area contributed by atoms with Gasteiger partial charge in [0.05, 0.1) is 15.7 Å². The molecule has 0 radical (unpaired) electrons. The van der Waals surface area contributed by atoms with Crippen LogP contribution in [0.2, 0.25) is 5.02 Å². The number of benzene rings is 2. The van der Waals surface area contributed by atoms with E-state index in [-0.39, 0.29) is 13.2 Å². The van der Waals surface area contributed by atoms with Crippen molar-refractivity contribution < 1.29 is 19.0 Å². The number of terminal acetylenes is 1. The SMILES string of the molecule is C#CCOC(=O)c1cc(I)c(OCc2ccccc2Cl)c(OCC)c1. The highest BCUT2D eigenvalue weighted by atomic mass is 127. The fraction of sp³-hybridized carbons (Fsp3) is 0.211. The van der Waals surface area contributed by atoms with Crippen LogP contribution in [0.3, 0.4) is 0 Å². The zero-order chi connectivity index (χ0) is 18.2. The van der Waals surface area contributed by atoms with E-state index < -0.39 is 5.97 Å². The van der Waals surface area contributed by atoms with E-state index in [1.54, 1.807) is 18.2 Å². The molecule has 0 aromatic heterocycles. The highest BCUT2D eigenvalue weighted by Crippen LogP contribution is 2.35. The van der Waals surface area contributed by atoms with Gasteiger partial charge < -0.3 is 14.2 Å². The maximum atomic E-state index is 12.0. The van der Waals surface area contributed by atoms with Crippen LogP contribution in [-0.4, -0.2) is 19.2 Å². The Morgan fingerprint density at radius 2 is 2.04 bits per heavy atom. The molecule has 2 aromatic carbocycles. The molecule has 0 heterocycles. The van der Waals surface area contributed by atoms with Crippen LogP contribution in [0.15, 0.2) is 36.4 Å². The molecule has 2 rings (SSSR count). The van der Waals surface area contributed by atoms with Crippen molar-refractivity contribution in [2.75, 3.05) is 13.2 Å². The van der Waals surface area contributed by atoms with Crippen molar-refractivity contribution >= 4 is 40.2 Å². The Kier molecular flexibility index (Phi) is 7.41. The smallest absolute Gasteiger partial charge is 0.339 e. The van der Waals surface area contributed by atoms with E-state index in [1.165, 1.54) is 0 Å². The standard InChI is InChI=1S/C19H16ClIO4/c1-3-9-24-19(22)14-10-16(21)18(17(11-14)23-4-2)25-12-13-7-5-6-8-15(13)20/h1,5-8,10-11H,4,9,12H2,2H3. The summed E-state index contributed by atoms with van der Waals surface area (Å²) in [4.78, 5) is 12.0. The Balaban J connectivity index is 2.26. The van der Waals surface area contributed by atoms with Crippen LogP contribution in [-0.2, 0) is 11.3 Å². The molecule has 0 N–H and O–H groups in total. The third kappa shape index (κ3) is 5.28. The Bertz CT molecular complexity index is 798. The fourth-order valence-electron chi connectivity index (χ4n) is 2.04. The van der Waals surface area contributed by atoms with Gasteiger partial charge in [0.1, 0.15) is 6.61 Å². The second-order valence-corrected chi connectivity index (χ2v) is 6.45. The molecule has 0 unspecified atom stereocenters. The molecule has 0 aliphatic carbocycles. The number of rotatable bonds is 7. The van der Waals surface area contributed by atoms with Gasteiger partial charge in [0.2, 0.25) is 0 Å². The van der Waals surface area contributed by atoms with E-state index in [4.69, 9.17) is 32.2 Å². The average molecular weight is 471 g/mol. The first-order valence-corrected chi connectivity index (χ1v) is 8.95. The van der Waals surface area contributed by atoms with E-state index in [9.17, 15) is 4.79 Å². The number of carbonyl (C=O) groups is 1. The molecule has 0 atom stereocenters. The minimum absolute atomic E-state index is 0.0792. The van der Waals surface area contributed by atoms with Gasteiger partial charge in [-0.15, -0.1) is 6.42 Å². The molecule has 0 amide bonds. The molecule has 6 heteroatoms. The van der Waals surface area contributed by atoms with Crippen molar-refractivity contribution in [3.63, 3.8) is 0 Å². The predicted octanol–water partition coefficient (Wildman–Crippen LogP) is 4.71. The lowest BCUT2D eigenvalue weighted by Crippen LogP contribution is -2.08. The molecule has 0 aliphatic heterocycles. The summed E-state index contributed by atoms with van der Waals surface area (Å²) in [5.74, 6) is 2.78. The predicted molar refractivity (Wildman–Crippen MR) is 105 cm³/mol. The van der Waals surface area contributed by atoms with Crippen LogP contribution < -0.4 is 9.47 Å². The summed E-state index contributed by atoms with van der Waals surface area (Å²) in [6, 6.07) is 10.7. The van der Waals surface area contributed by atoms with Gasteiger partial charge in [0.15, 0.2) is 18.1 Å². The number of carbonyl (C=O) groups excluding carboxylic acids is 1. The second-order valence-electron chi connectivity index (χ2n) is 4.88. The normalized spacial score (nSPS) is 10.0. The number of ether oxygens (including phenoxy) is 3. The van der Waals surface area contributed by atoms with Gasteiger partial charge >= 0.3 is 5.97 Å². The lowest BCUT2D eigenvalue weighted by atomic mass is 10.2. The van der Waals surface area contributed by atoms with Crippen molar-refractivity contribution in [2.45, 2.75) is 13.5 Å². The van der Waals surface area contributed by atoms with Gasteiger partial charge in [0, 0.05) is 10.6 Å². The Morgan fingerprint density at radius 1 is 1.28 bits per heavy atom. The molecule has 0 aliphatic rings. The molecule has 0 saturated carbocycles. The first kappa shape index (κ1) is 19.4. The van der Waals surface area contributed by atoms with Gasteiger partial charge in [0.25, 0.3) is 0 Å². The van der Waals surface area contributed by atoms with E-state index in [0.29, 0.717) is 28.7 Å². The summed E-state index contributed by atoms with van der Waals surface area (Å²) in [6.07, 6.45) is 5.11. The molecule has 0 spiro atoms. The summed E-state index contributed by atoms with van der Waals surface area (Å²) >= 11 is 8.24. The lowest BCUT2D eigenvalue weighted by Gasteiger charge is -2.15. The highest BCUT2D eigenvalue weighted by molar-refractivity contribution is 14.1. The highest BCUT2D eigenvalue weighted by Gasteiger charge is 2.17. The van der Waals surface area contributed by atoms with Crippen molar-refractivity contribution in [2.24, 2.45) is 0 Å². The average Bonchev–Trinajstić information content (AvgIpc) is 2.60. The molecule has 130 valence electrons. The Morgan fingerprint density at radius 3 is 2.72 bits per heavy atom. The minimum Gasteiger partial charge on any atom is -0.490 e. The van der Waals surface area contributed by atoms with Crippen molar-refractivity contribution in [3.8, 4) is 23.8 Å². The second kappa shape index (κ2) is 9.54. The molecule has 0 saturated heterocycles. The number of hydrogen-bond donors (Lipinski definition) is 0. The Hall–Kier alpha value is -1.91. The zero-order valence-electron chi connectivity index (χ0n) is 13.6. The first-order valence-electron chi connectivity index (χ1n) is 7.50. The van der Waals surface area contributed by atoms with Crippen LogP contribution in [0.1, 0.15) is 22.8 Å². The topological polar surface area (TPSA) is 44.8 Å². The summed E-state index contributed by atoms with van der Waals surface area (Å²) in [7, 11) is 0. The third-order valence-electron chi connectivity index (χ3n) is 3.16. The van der Waals surface area contributed by atoms with Crippen LogP contribution in [0.5, 0.6) is 11.5 Å². The molecular weight excluding hydrogens is 455 g/mol. The monoisotopic (exact) mass is 470 g/mol. The Labute approximate surface area is 165 Å². The fourth-order valence-corrected chi connectivity index (χ4v) is 2.99. The van der Waals surface area contributed by atoms with Crippen LogP contribution in [0, 0.1) is 15.9 Å². The van der Waals surface area contributed by atoms with Gasteiger partial charge in [-0.05, 0) is 47.7 Å². The summed E-state index contributed by atoms with van der Waals surface area (Å²) in [6.45, 7) is 2.50. The number of esters is 1. The molecule has 4 nitrogen and oxygen atoms in total.